The molecule has 2 aromatic carbocycles. The number of nitrogens with zero attached hydrogens (tertiary/aromatic N) is 4. The number of benzene rings is 2. The molecule has 1 N–H and O–H groups in total. The fourth-order valence-electron chi connectivity index (χ4n) is 5.49. The molecule has 10 nitrogen and oxygen atoms in total. The lowest BCUT2D eigenvalue weighted by Gasteiger charge is -2.36. The number of hydrogen-bond donors (Lipinski definition) is 1. The Labute approximate surface area is 221 Å². The monoisotopic (exact) mass is 517 g/mol. The highest BCUT2D eigenvalue weighted by molar-refractivity contribution is 5.85. The predicted octanol–water partition coefficient (Wildman–Crippen LogP) is 4.33. The van der Waals surface area contributed by atoms with Crippen LogP contribution in [0.2, 0.25) is 0 Å². The van der Waals surface area contributed by atoms with E-state index in [9.17, 15) is 15.4 Å². The molecule has 0 saturated heterocycles. The molecule has 0 amide bonds. The molecule has 1 aliphatic carbocycles. The van der Waals surface area contributed by atoms with E-state index >= 15 is 0 Å². The van der Waals surface area contributed by atoms with Crippen molar-refractivity contribution in [1.82, 2.24) is 15.2 Å². The van der Waals surface area contributed by atoms with Crippen LogP contribution in [-0.2, 0) is 13.0 Å². The van der Waals surface area contributed by atoms with Gasteiger partial charge in [-0.2, -0.15) is 5.26 Å². The van der Waals surface area contributed by atoms with Crippen LogP contribution in [0.4, 0.5) is 5.69 Å². The Bertz CT molecular complexity index is 1390. The third-order valence-corrected chi connectivity index (χ3v) is 7.60. The van der Waals surface area contributed by atoms with Crippen LogP contribution in [0.3, 0.4) is 0 Å². The molecule has 1 unspecified atom stereocenters. The van der Waals surface area contributed by atoms with Crippen molar-refractivity contribution in [2.24, 2.45) is 0 Å². The molecule has 10 heteroatoms. The van der Waals surface area contributed by atoms with Crippen LogP contribution in [-0.4, -0.2) is 54.4 Å². The largest absolute Gasteiger partial charge is 0.497 e. The summed E-state index contributed by atoms with van der Waals surface area (Å²) in [6.07, 6.45) is 6.66. The number of methoxy groups -OCH3 is 1. The van der Waals surface area contributed by atoms with E-state index in [0.29, 0.717) is 29.9 Å². The van der Waals surface area contributed by atoms with E-state index in [4.69, 9.17) is 14.2 Å². The third-order valence-electron chi connectivity index (χ3n) is 7.60. The average Bonchev–Trinajstić information content (AvgIpc) is 3.42. The fraction of sp³-hybridized carbons (Fsp3) is 0.429. The van der Waals surface area contributed by atoms with Gasteiger partial charge in [-0.1, -0.05) is 6.42 Å². The van der Waals surface area contributed by atoms with Crippen molar-refractivity contribution in [1.29, 1.82) is 5.26 Å². The topological polar surface area (TPSA) is 123 Å². The van der Waals surface area contributed by atoms with Crippen LogP contribution in [0.5, 0.6) is 17.2 Å². The summed E-state index contributed by atoms with van der Waals surface area (Å²) >= 11 is 0. The molecule has 2 heterocycles. The van der Waals surface area contributed by atoms with E-state index in [2.05, 4.69) is 28.3 Å². The maximum atomic E-state index is 11.5. The first-order chi connectivity index (χ1) is 18.5. The molecule has 2 aliphatic rings. The number of fused-ring (bicyclic) bond motifs is 2. The highest BCUT2D eigenvalue weighted by atomic mass is 16.7. The Morgan fingerprint density at radius 3 is 2.95 bits per heavy atom. The smallest absolute Gasteiger partial charge is 0.315 e. The molecular formula is C28H31N5O5. The van der Waals surface area contributed by atoms with E-state index < -0.39 is 4.92 Å². The molecule has 38 heavy (non-hydrogen) atoms. The van der Waals surface area contributed by atoms with Gasteiger partial charge in [0.05, 0.1) is 23.1 Å². The summed E-state index contributed by atoms with van der Waals surface area (Å²) in [6.45, 7) is 1.34. The first kappa shape index (κ1) is 25.7. The quantitative estimate of drug-likeness (QED) is 0.326. The summed E-state index contributed by atoms with van der Waals surface area (Å²) in [5.41, 5.74) is 3.20. The molecule has 1 aliphatic heterocycles. The summed E-state index contributed by atoms with van der Waals surface area (Å²) in [7, 11) is 3.78. The van der Waals surface area contributed by atoms with E-state index in [1.165, 1.54) is 0 Å². The number of hydrogen-bond acceptors (Lipinski definition) is 9. The van der Waals surface area contributed by atoms with Crippen molar-refractivity contribution in [3.63, 3.8) is 0 Å². The first-order valence-corrected chi connectivity index (χ1v) is 12.8. The van der Waals surface area contributed by atoms with E-state index in [1.54, 1.807) is 19.4 Å². The summed E-state index contributed by atoms with van der Waals surface area (Å²) in [6, 6.07) is 12.2. The fourth-order valence-corrected chi connectivity index (χ4v) is 5.49. The van der Waals surface area contributed by atoms with Gasteiger partial charge in [0, 0.05) is 42.8 Å². The Morgan fingerprint density at radius 2 is 2.16 bits per heavy atom. The van der Waals surface area contributed by atoms with Gasteiger partial charge in [0.15, 0.2) is 5.75 Å². The van der Waals surface area contributed by atoms with E-state index in [1.807, 2.05) is 24.3 Å². The Hall–Kier alpha value is -3.94. The van der Waals surface area contributed by atoms with Crippen LogP contribution in [0, 0.1) is 21.4 Å². The van der Waals surface area contributed by atoms with Crippen molar-refractivity contribution in [2.45, 2.75) is 50.7 Å². The van der Waals surface area contributed by atoms with Crippen molar-refractivity contribution in [3.8, 4) is 23.3 Å². The summed E-state index contributed by atoms with van der Waals surface area (Å²) in [4.78, 5) is 17.9. The third kappa shape index (κ3) is 5.35. The van der Waals surface area contributed by atoms with Gasteiger partial charge < -0.3 is 24.4 Å². The van der Waals surface area contributed by atoms with E-state index in [0.717, 1.165) is 66.4 Å². The van der Waals surface area contributed by atoms with Crippen LogP contribution in [0.1, 0.15) is 42.4 Å². The second kappa shape index (κ2) is 11.2. The Morgan fingerprint density at radius 1 is 1.29 bits per heavy atom. The maximum absolute atomic E-state index is 11.5. The number of nitriles is 1. The molecule has 3 aromatic rings. The minimum atomic E-state index is -0.428. The van der Waals surface area contributed by atoms with Crippen LogP contribution in [0.25, 0.3) is 10.9 Å². The lowest BCUT2D eigenvalue weighted by molar-refractivity contribution is -0.385. The molecule has 0 radical (unpaired) electrons. The molecule has 0 spiro atoms. The second-order valence-corrected chi connectivity index (χ2v) is 9.88. The van der Waals surface area contributed by atoms with E-state index in [-0.39, 0.29) is 18.2 Å². The number of ether oxygens (including phenoxy) is 3. The molecule has 1 saturated carbocycles. The molecule has 198 valence electrons. The molecule has 0 bridgehead atoms. The molecule has 1 fully saturated rings. The molecule has 1 aromatic heterocycles. The lowest BCUT2D eigenvalue weighted by Crippen LogP contribution is -2.43. The van der Waals surface area contributed by atoms with Crippen molar-refractivity contribution >= 4 is 16.6 Å². The minimum absolute atomic E-state index is 0.00237. The van der Waals surface area contributed by atoms with Crippen LogP contribution in [0.15, 0.2) is 36.5 Å². The minimum Gasteiger partial charge on any atom is -0.497 e. The zero-order chi connectivity index (χ0) is 26.6. The average molecular weight is 518 g/mol. The summed E-state index contributed by atoms with van der Waals surface area (Å²) in [5, 5.41) is 25.7. The zero-order valence-electron chi connectivity index (χ0n) is 21.6. The number of nitro groups is 1. The van der Waals surface area contributed by atoms with Gasteiger partial charge in [-0.3, -0.25) is 15.1 Å². The standard InChI is InChI=1S/C28H31N5O5/c1-32(9-8-23-19(14-29)16-31-25-7-6-22(36-2)13-24(23)25)21-5-3-4-20(12-21)30-15-18-10-26(33(34)35)28-27(11-18)37-17-38-28/h6-7,10-11,13,16,20-21,30H,3-5,8-9,12,15,17H2,1-2H3/t20?,21-/m0/s1. The molecule has 5 rings (SSSR count). The normalized spacial score (nSPS) is 18.5. The predicted molar refractivity (Wildman–Crippen MR) is 141 cm³/mol. The first-order valence-electron chi connectivity index (χ1n) is 12.8. The highest BCUT2D eigenvalue weighted by Gasteiger charge is 2.28. The Balaban J connectivity index is 1.22. The van der Waals surface area contributed by atoms with Gasteiger partial charge in [0.25, 0.3) is 0 Å². The van der Waals surface area contributed by atoms with Crippen LogP contribution < -0.4 is 19.5 Å². The van der Waals surface area contributed by atoms with Gasteiger partial charge >= 0.3 is 5.69 Å². The zero-order valence-corrected chi connectivity index (χ0v) is 21.6. The van der Waals surface area contributed by atoms with Crippen molar-refractivity contribution in [2.75, 3.05) is 27.5 Å². The van der Waals surface area contributed by atoms with Gasteiger partial charge in [-0.05, 0) is 68.1 Å². The Kier molecular flexibility index (Phi) is 7.58. The number of nitrogens with one attached hydrogen (secondary N) is 1. The summed E-state index contributed by atoms with van der Waals surface area (Å²) in [5.74, 6) is 1.38. The molecule has 2 atom stereocenters. The number of nitro benzene ring substituents is 1. The SMILES string of the molecule is COc1ccc2ncc(C#N)c(CCN(C)[C@H]3CCCC(NCc4cc5c(c([N+](=O)[O-])c4)OCO5)C3)c2c1. The van der Waals surface area contributed by atoms with Crippen molar-refractivity contribution in [3.05, 3.63) is 63.3 Å². The van der Waals surface area contributed by atoms with Crippen molar-refractivity contribution < 1.29 is 19.1 Å². The van der Waals surface area contributed by atoms with Gasteiger partial charge in [0.2, 0.25) is 12.5 Å². The van der Waals surface area contributed by atoms with Crippen LogP contribution >= 0.6 is 0 Å². The van der Waals surface area contributed by atoms with Gasteiger partial charge in [0.1, 0.15) is 11.8 Å². The number of pyridine rings is 1. The summed E-state index contributed by atoms with van der Waals surface area (Å²) < 4.78 is 16.1. The maximum Gasteiger partial charge on any atom is 0.315 e. The van der Waals surface area contributed by atoms with Gasteiger partial charge in [-0.25, -0.2) is 0 Å². The molecular weight excluding hydrogens is 486 g/mol. The second-order valence-electron chi connectivity index (χ2n) is 9.88. The lowest BCUT2D eigenvalue weighted by atomic mass is 9.89. The number of aromatic nitrogens is 1. The number of likely N-dealkylation sites (N-methyl/N-ethyl adjacent to an activating group) is 1. The van der Waals surface area contributed by atoms with Gasteiger partial charge in [-0.15, -0.1) is 0 Å². The number of rotatable bonds is 9. The highest BCUT2D eigenvalue weighted by Crippen LogP contribution is 2.41.